The molecule has 0 aliphatic carbocycles. The molecule has 0 atom stereocenters. The molecule has 7 heteroatoms. The predicted octanol–water partition coefficient (Wildman–Crippen LogP) is 4.11. The van der Waals surface area contributed by atoms with Crippen molar-refractivity contribution in [2.75, 3.05) is 11.9 Å². The summed E-state index contributed by atoms with van der Waals surface area (Å²) in [5.41, 5.74) is 3.20. The Morgan fingerprint density at radius 2 is 2.11 bits per heavy atom. The summed E-state index contributed by atoms with van der Waals surface area (Å²) >= 11 is 1.48. The Labute approximate surface area is 159 Å². The van der Waals surface area contributed by atoms with Crippen molar-refractivity contribution in [3.05, 3.63) is 71.1 Å². The van der Waals surface area contributed by atoms with Gasteiger partial charge in [0.25, 0.3) is 5.91 Å². The van der Waals surface area contributed by atoms with Crippen LogP contribution in [0.2, 0.25) is 0 Å². The quantitative estimate of drug-likeness (QED) is 0.692. The molecule has 1 aromatic heterocycles. The molecule has 136 valence electrons. The smallest absolute Gasteiger partial charge is 0.262 e. The minimum absolute atomic E-state index is 0.0297. The van der Waals surface area contributed by atoms with Gasteiger partial charge in [-0.2, -0.15) is 0 Å². The fourth-order valence-corrected chi connectivity index (χ4v) is 3.76. The zero-order chi connectivity index (χ0) is 18.8. The first-order valence-electron chi connectivity index (χ1n) is 8.30. The van der Waals surface area contributed by atoms with E-state index in [2.05, 4.69) is 16.9 Å². The number of anilines is 1. The summed E-state index contributed by atoms with van der Waals surface area (Å²) < 4.78 is 20.6. The number of allylic oxidation sites excluding steroid dienone is 1. The second-order valence-corrected chi connectivity index (χ2v) is 6.78. The van der Waals surface area contributed by atoms with Crippen molar-refractivity contribution in [2.45, 2.75) is 6.54 Å². The number of carbonyl (C=O) groups is 1. The number of carbonyl (C=O) groups excluding carboxylic acids is 1. The van der Waals surface area contributed by atoms with Crippen molar-refractivity contribution in [3.63, 3.8) is 0 Å². The maximum absolute atomic E-state index is 13.1. The second kappa shape index (κ2) is 7.20. The Morgan fingerprint density at radius 3 is 2.89 bits per heavy atom. The lowest BCUT2D eigenvalue weighted by atomic mass is 10.1. The van der Waals surface area contributed by atoms with Crippen LogP contribution in [0.3, 0.4) is 0 Å². The SMILES string of the molecule is C=CCn1c(-c2ccc3c(c2)NC(=O)CO3)csc1=Nc1ccc(F)cc1. The van der Waals surface area contributed by atoms with Gasteiger partial charge in [-0.05, 0) is 42.5 Å². The third-order valence-corrected chi connectivity index (χ3v) is 4.93. The molecule has 0 saturated heterocycles. The van der Waals surface area contributed by atoms with Gasteiger partial charge in [0, 0.05) is 17.5 Å². The summed E-state index contributed by atoms with van der Waals surface area (Å²) in [4.78, 5) is 17.0. The van der Waals surface area contributed by atoms with E-state index >= 15 is 0 Å². The molecule has 1 aliphatic rings. The molecule has 5 nitrogen and oxygen atoms in total. The molecule has 2 aromatic carbocycles. The summed E-state index contributed by atoms with van der Waals surface area (Å²) in [5, 5.41) is 4.82. The van der Waals surface area contributed by atoms with Crippen LogP contribution in [0.25, 0.3) is 11.3 Å². The van der Waals surface area contributed by atoms with E-state index in [0.29, 0.717) is 23.7 Å². The highest BCUT2D eigenvalue weighted by atomic mass is 32.1. The van der Waals surface area contributed by atoms with Gasteiger partial charge < -0.3 is 14.6 Å². The van der Waals surface area contributed by atoms with Crippen LogP contribution in [0.5, 0.6) is 5.75 Å². The molecular weight excluding hydrogens is 365 g/mol. The highest BCUT2D eigenvalue weighted by Gasteiger charge is 2.17. The van der Waals surface area contributed by atoms with E-state index in [1.165, 1.54) is 23.5 Å². The van der Waals surface area contributed by atoms with Crippen LogP contribution in [-0.4, -0.2) is 17.1 Å². The molecule has 3 aromatic rings. The van der Waals surface area contributed by atoms with Crippen LogP contribution in [-0.2, 0) is 11.3 Å². The maximum atomic E-state index is 13.1. The molecule has 1 N–H and O–H groups in total. The number of thiazole rings is 1. The molecular formula is C20H16FN3O2S. The zero-order valence-electron chi connectivity index (χ0n) is 14.3. The van der Waals surface area contributed by atoms with Gasteiger partial charge in [0.15, 0.2) is 11.4 Å². The summed E-state index contributed by atoms with van der Waals surface area (Å²) in [6.45, 7) is 4.42. The van der Waals surface area contributed by atoms with Gasteiger partial charge in [-0.25, -0.2) is 9.38 Å². The normalized spacial score (nSPS) is 13.7. The summed E-state index contributed by atoms with van der Waals surface area (Å²) in [7, 11) is 0. The number of hydrogen-bond acceptors (Lipinski definition) is 4. The highest BCUT2D eigenvalue weighted by Crippen LogP contribution is 2.33. The number of benzene rings is 2. The first kappa shape index (κ1) is 17.2. The van der Waals surface area contributed by atoms with E-state index in [1.807, 2.05) is 28.1 Å². The van der Waals surface area contributed by atoms with Gasteiger partial charge in [0.1, 0.15) is 11.6 Å². The lowest BCUT2D eigenvalue weighted by Crippen LogP contribution is -2.25. The van der Waals surface area contributed by atoms with Gasteiger partial charge >= 0.3 is 0 Å². The number of hydrogen-bond donors (Lipinski definition) is 1. The standard InChI is InChI=1S/C20H16FN3O2S/c1-2-9-24-17(12-27-20(24)22-15-6-4-14(21)5-7-15)13-3-8-18-16(10-13)23-19(25)11-26-18/h2-8,10,12H,1,9,11H2,(H,23,25). The maximum Gasteiger partial charge on any atom is 0.262 e. The van der Waals surface area contributed by atoms with E-state index < -0.39 is 0 Å². The van der Waals surface area contributed by atoms with Crippen LogP contribution in [0, 0.1) is 5.82 Å². The Hall–Kier alpha value is -3.19. The number of rotatable bonds is 4. The van der Waals surface area contributed by atoms with E-state index in [4.69, 9.17) is 4.74 Å². The van der Waals surface area contributed by atoms with E-state index in [9.17, 15) is 9.18 Å². The minimum Gasteiger partial charge on any atom is -0.482 e. The van der Waals surface area contributed by atoms with Gasteiger partial charge in [-0.1, -0.05) is 6.08 Å². The Balaban J connectivity index is 1.79. The topological polar surface area (TPSA) is 55.6 Å². The van der Waals surface area contributed by atoms with Gasteiger partial charge in [0.05, 0.1) is 17.1 Å². The molecule has 0 spiro atoms. The zero-order valence-corrected chi connectivity index (χ0v) is 15.1. The van der Waals surface area contributed by atoms with Crippen LogP contribution in [0.15, 0.2) is 65.5 Å². The fraction of sp³-hybridized carbons (Fsp3) is 0.100. The number of amides is 1. The van der Waals surface area contributed by atoms with Gasteiger partial charge in [-0.15, -0.1) is 17.9 Å². The van der Waals surface area contributed by atoms with Crippen molar-refractivity contribution in [2.24, 2.45) is 4.99 Å². The number of nitrogens with zero attached hydrogens (tertiary/aromatic N) is 2. The van der Waals surface area contributed by atoms with Crippen molar-refractivity contribution in [3.8, 4) is 17.0 Å². The monoisotopic (exact) mass is 381 g/mol. The summed E-state index contributed by atoms with van der Waals surface area (Å²) in [6.07, 6.45) is 1.79. The minimum atomic E-state index is -0.293. The first-order chi connectivity index (χ1) is 13.1. The second-order valence-electron chi connectivity index (χ2n) is 5.94. The van der Waals surface area contributed by atoms with E-state index in [-0.39, 0.29) is 18.3 Å². The molecule has 0 saturated carbocycles. The van der Waals surface area contributed by atoms with Crippen LogP contribution >= 0.6 is 11.3 Å². The Kier molecular flexibility index (Phi) is 4.60. The summed E-state index contributed by atoms with van der Waals surface area (Å²) in [6, 6.07) is 11.7. The van der Waals surface area contributed by atoms with Gasteiger partial charge in [0.2, 0.25) is 0 Å². The van der Waals surface area contributed by atoms with Crippen molar-refractivity contribution < 1.29 is 13.9 Å². The van der Waals surface area contributed by atoms with Crippen LogP contribution in [0.1, 0.15) is 0 Å². The molecule has 4 rings (SSSR count). The number of aromatic nitrogens is 1. The van der Waals surface area contributed by atoms with E-state index in [1.54, 1.807) is 18.2 Å². The number of ether oxygens (including phenoxy) is 1. The van der Waals surface area contributed by atoms with Crippen LogP contribution in [0.4, 0.5) is 15.8 Å². The number of halogens is 1. The first-order valence-corrected chi connectivity index (χ1v) is 9.18. The Bertz CT molecular complexity index is 1080. The molecule has 0 unspecified atom stereocenters. The molecule has 1 aliphatic heterocycles. The lowest BCUT2D eigenvalue weighted by molar-refractivity contribution is -0.118. The molecule has 0 radical (unpaired) electrons. The number of nitrogens with one attached hydrogen (secondary N) is 1. The molecule has 1 amide bonds. The molecule has 27 heavy (non-hydrogen) atoms. The van der Waals surface area contributed by atoms with Gasteiger partial charge in [-0.3, -0.25) is 4.79 Å². The fourth-order valence-electron chi connectivity index (χ4n) is 2.82. The highest BCUT2D eigenvalue weighted by molar-refractivity contribution is 7.07. The molecule has 0 fully saturated rings. The van der Waals surface area contributed by atoms with Crippen molar-refractivity contribution >= 4 is 28.6 Å². The Morgan fingerprint density at radius 1 is 1.30 bits per heavy atom. The lowest BCUT2D eigenvalue weighted by Gasteiger charge is -2.18. The van der Waals surface area contributed by atoms with E-state index in [0.717, 1.165) is 16.1 Å². The average molecular weight is 381 g/mol. The van der Waals surface area contributed by atoms with Crippen LogP contribution < -0.4 is 14.9 Å². The average Bonchev–Trinajstić information content (AvgIpc) is 3.06. The predicted molar refractivity (Wildman–Crippen MR) is 104 cm³/mol. The van der Waals surface area contributed by atoms with Crippen molar-refractivity contribution in [1.82, 2.24) is 4.57 Å². The molecule has 0 bridgehead atoms. The number of fused-ring (bicyclic) bond motifs is 1. The third-order valence-electron chi connectivity index (χ3n) is 4.07. The van der Waals surface area contributed by atoms with Crippen molar-refractivity contribution in [1.29, 1.82) is 0 Å². The third kappa shape index (κ3) is 3.54. The summed E-state index contributed by atoms with van der Waals surface area (Å²) in [5.74, 6) is 0.189. The molecule has 2 heterocycles. The largest absolute Gasteiger partial charge is 0.482 e.